The zero-order valence-corrected chi connectivity index (χ0v) is 14.8. The van der Waals surface area contributed by atoms with Gasteiger partial charge in [0.15, 0.2) is 0 Å². The molecule has 0 saturated carbocycles. The molecule has 124 valence electrons. The Labute approximate surface area is 146 Å². The van der Waals surface area contributed by atoms with E-state index in [2.05, 4.69) is 4.98 Å². The summed E-state index contributed by atoms with van der Waals surface area (Å²) in [5, 5.41) is 3.02. The molecule has 0 amide bonds. The molecular weight excluding hydrogens is 346 g/mol. The van der Waals surface area contributed by atoms with Crippen molar-refractivity contribution >= 4 is 44.7 Å². The van der Waals surface area contributed by atoms with Crippen LogP contribution in [0.5, 0.6) is 0 Å². The monoisotopic (exact) mass is 361 g/mol. The van der Waals surface area contributed by atoms with Crippen LogP contribution < -0.4 is 0 Å². The molecule has 0 aliphatic rings. The van der Waals surface area contributed by atoms with Crippen LogP contribution in [0.15, 0.2) is 29.6 Å². The number of thiophene rings is 1. The molecule has 0 saturated heterocycles. The van der Waals surface area contributed by atoms with E-state index in [1.54, 1.807) is 12.3 Å². The predicted octanol–water partition coefficient (Wildman–Crippen LogP) is 4.20. The van der Waals surface area contributed by atoms with Crippen LogP contribution in [-0.2, 0) is 16.1 Å². The van der Waals surface area contributed by atoms with Crippen LogP contribution in [0.3, 0.4) is 0 Å². The van der Waals surface area contributed by atoms with Gasteiger partial charge in [-0.05, 0) is 30.9 Å². The van der Waals surface area contributed by atoms with Gasteiger partial charge in [-0.3, -0.25) is 0 Å². The zero-order chi connectivity index (χ0) is 17.1. The predicted molar refractivity (Wildman–Crippen MR) is 93.8 cm³/mol. The largest absolute Gasteiger partial charge is 0.461 e. The molecule has 2 heterocycles. The summed E-state index contributed by atoms with van der Waals surface area (Å²) in [6.07, 6.45) is 0. The highest BCUT2D eigenvalue weighted by atomic mass is 32.1. The summed E-state index contributed by atoms with van der Waals surface area (Å²) in [6, 6.07) is 7.86. The van der Waals surface area contributed by atoms with Crippen molar-refractivity contribution in [1.29, 1.82) is 0 Å². The Morgan fingerprint density at radius 1 is 1.17 bits per heavy atom. The van der Waals surface area contributed by atoms with Gasteiger partial charge in [-0.1, -0.05) is 18.2 Å². The lowest BCUT2D eigenvalue weighted by atomic mass is 10.1. The number of nitrogens with zero attached hydrogens (tertiary/aromatic N) is 1. The molecule has 0 bridgehead atoms. The normalized spacial score (nSPS) is 10.8. The second-order valence-corrected chi connectivity index (χ2v) is 6.90. The summed E-state index contributed by atoms with van der Waals surface area (Å²) >= 11 is 2.60. The van der Waals surface area contributed by atoms with E-state index in [-0.39, 0.29) is 17.6 Å². The maximum Gasteiger partial charge on any atom is 0.367 e. The van der Waals surface area contributed by atoms with Crippen molar-refractivity contribution in [2.45, 2.75) is 20.5 Å². The third kappa shape index (κ3) is 3.32. The number of carbonyl (C=O) groups is 2. The first-order valence-electron chi connectivity index (χ1n) is 7.37. The number of fused-ring (bicyclic) bond motifs is 1. The molecule has 3 aromatic rings. The SMILES string of the molecule is CCOC(=O)c1nc(COC(=O)c2sc3ccccc3c2C)cs1. The number of esters is 2. The van der Waals surface area contributed by atoms with Crippen LogP contribution in [0.1, 0.15) is 37.7 Å². The minimum Gasteiger partial charge on any atom is -0.461 e. The number of ether oxygens (including phenoxy) is 2. The van der Waals surface area contributed by atoms with Crippen molar-refractivity contribution in [3.8, 4) is 0 Å². The Hall–Kier alpha value is -2.25. The Morgan fingerprint density at radius 2 is 1.96 bits per heavy atom. The Kier molecular flexibility index (Phi) is 4.92. The maximum atomic E-state index is 12.3. The van der Waals surface area contributed by atoms with Gasteiger partial charge in [0.05, 0.1) is 12.3 Å². The molecule has 2 aromatic heterocycles. The standard InChI is InChI=1S/C17H15NO4S2/c1-3-21-17(20)15-18-11(9-23-15)8-22-16(19)14-10(2)12-6-4-5-7-13(12)24-14/h4-7,9H,3,8H2,1-2H3. The van der Waals surface area contributed by atoms with E-state index in [1.165, 1.54) is 22.7 Å². The average molecular weight is 361 g/mol. The number of carbonyl (C=O) groups excluding carboxylic acids is 2. The first-order valence-corrected chi connectivity index (χ1v) is 9.06. The number of benzene rings is 1. The fourth-order valence-electron chi connectivity index (χ4n) is 2.23. The third-order valence-electron chi connectivity index (χ3n) is 3.38. The highest BCUT2D eigenvalue weighted by Gasteiger charge is 2.18. The molecule has 24 heavy (non-hydrogen) atoms. The quantitative estimate of drug-likeness (QED) is 0.637. The molecule has 0 spiro atoms. The zero-order valence-electron chi connectivity index (χ0n) is 13.2. The van der Waals surface area contributed by atoms with Gasteiger partial charge >= 0.3 is 11.9 Å². The Bertz CT molecular complexity index is 897. The van der Waals surface area contributed by atoms with Crippen LogP contribution in [0, 0.1) is 6.92 Å². The molecule has 7 heteroatoms. The van der Waals surface area contributed by atoms with Crippen LogP contribution in [0.25, 0.3) is 10.1 Å². The van der Waals surface area contributed by atoms with Crippen molar-refractivity contribution in [2.75, 3.05) is 6.61 Å². The van der Waals surface area contributed by atoms with E-state index in [0.717, 1.165) is 15.6 Å². The minimum atomic E-state index is -0.458. The van der Waals surface area contributed by atoms with Gasteiger partial charge in [-0.2, -0.15) is 0 Å². The van der Waals surface area contributed by atoms with Gasteiger partial charge in [0.25, 0.3) is 0 Å². The summed E-state index contributed by atoms with van der Waals surface area (Å²) in [6.45, 7) is 3.98. The maximum absolute atomic E-state index is 12.3. The molecule has 0 unspecified atom stereocenters. The van der Waals surface area contributed by atoms with Crippen molar-refractivity contribution in [2.24, 2.45) is 0 Å². The summed E-state index contributed by atoms with van der Waals surface area (Å²) in [4.78, 5) is 28.6. The first-order chi connectivity index (χ1) is 11.6. The number of aryl methyl sites for hydroxylation is 1. The van der Waals surface area contributed by atoms with Crippen molar-refractivity contribution in [1.82, 2.24) is 4.98 Å². The van der Waals surface area contributed by atoms with Crippen LogP contribution in [0.4, 0.5) is 0 Å². The molecule has 1 aromatic carbocycles. The van der Waals surface area contributed by atoms with E-state index in [4.69, 9.17) is 9.47 Å². The number of hydrogen-bond acceptors (Lipinski definition) is 7. The smallest absolute Gasteiger partial charge is 0.367 e. The molecular formula is C17H15NO4S2. The van der Waals surface area contributed by atoms with E-state index in [9.17, 15) is 9.59 Å². The molecule has 0 N–H and O–H groups in total. The molecule has 5 nitrogen and oxygen atoms in total. The van der Waals surface area contributed by atoms with Crippen molar-refractivity contribution in [3.05, 3.63) is 50.8 Å². The number of hydrogen-bond donors (Lipinski definition) is 0. The van der Waals surface area contributed by atoms with Crippen LogP contribution in [0.2, 0.25) is 0 Å². The molecule has 0 radical (unpaired) electrons. The van der Waals surface area contributed by atoms with Crippen molar-refractivity contribution in [3.63, 3.8) is 0 Å². The molecule has 0 atom stereocenters. The van der Waals surface area contributed by atoms with E-state index >= 15 is 0 Å². The summed E-state index contributed by atoms with van der Waals surface area (Å²) in [5.41, 5.74) is 1.46. The summed E-state index contributed by atoms with van der Waals surface area (Å²) in [5.74, 6) is -0.834. The van der Waals surface area contributed by atoms with Crippen LogP contribution >= 0.6 is 22.7 Å². The second-order valence-electron chi connectivity index (χ2n) is 4.99. The van der Waals surface area contributed by atoms with Crippen molar-refractivity contribution < 1.29 is 19.1 Å². The van der Waals surface area contributed by atoms with Crippen LogP contribution in [-0.4, -0.2) is 23.5 Å². The van der Waals surface area contributed by atoms with Gasteiger partial charge in [-0.15, -0.1) is 22.7 Å². The fourth-order valence-corrected chi connectivity index (χ4v) is 4.03. The Balaban J connectivity index is 1.69. The van der Waals surface area contributed by atoms with Gasteiger partial charge in [0, 0.05) is 10.1 Å². The third-order valence-corrected chi connectivity index (χ3v) is 5.51. The number of aromatic nitrogens is 1. The molecule has 0 aliphatic heterocycles. The minimum absolute atomic E-state index is 0.0302. The van der Waals surface area contributed by atoms with Gasteiger partial charge in [0.1, 0.15) is 11.5 Å². The molecule has 3 rings (SSSR count). The molecule has 0 fully saturated rings. The number of rotatable bonds is 5. The van der Waals surface area contributed by atoms with E-state index in [0.29, 0.717) is 17.2 Å². The lowest BCUT2D eigenvalue weighted by Crippen LogP contribution is -2.06. The van der Waals surface area contributed by atoms with E-state index in [1.807, 2.05) is 31.2 Å². The summed E-state index contributed by atoms with van der Waals surface area (Å²) in [7, 11) is 0. The highest BCUT2D eigenvalue weighted by molar-refractivity contribution is 7.21. The lowest BCUT2D eigenvalue weighted by molar-refractivity contribution is 0.0473. The first kappa shape index (κ1) is 16.6. The topological polar surface area (TPSA) is 65.5 Å². The van der Waals surface area contributed by atoms with Gasteiger partial charge < -0.3 is 9.47 Å². The number of thiazole rings is 1. The van der Waals surface area contributed by atoms with Gasteiger partial charge in [-0.25, -0.2) is 14.6 Å². The van der Waals surface area contributed by atoms with Gasteiger partial charge in [0.2, 0.25) is 5.01 Å². The molecule has 0 aliphatic carbocycles. The lowest BCUT2D eigenvalue weighted by Gasteiger charge is -2.02. The van der Waals surface area contributed by atoms with E-state index < -0.39 is 5.97 Å². The second kappa shape index (κ2) is 7.11. The Morgan fingerprint density at radius 3 is 2.71 bits per heavy atom. The average Bonchev–Trinajstić information content (AvgIpc) is 3.18. The fraction of sp³-hybridized carbons (Fsp3) is 0.235. The highest BCUT2D eigenvalue weighted by Crippen LogP contribution is 2.31. The summed E-state index contributed by atoms with van der Waals surface area (Å²) < 4.78 is 11.3.